The maximum atomic E-state index is 10.4. The van der Waals surface area contributed by atoms with Crippen molar-refractivity contribution in [1.29, 1.82) is 0 Å². The van der Waals surface area contributed by atoms with Gasteiger partial charge in [0.25, 0.3) is 5.91 Å². The van der Waals surface area contributed by atoms with E-state index in [1.54, 1.807) is 0 Å². The number of carbonyl (C=O) groups is 2. The molecule has 2 amide bonds. The summed E-state index contributed by atoms with van der Waals surface area (Å²) >= 11 is 0. The Morgan fingerprint density at radius 2 is 2.22 bits per heavy atom. The molecule has 2 N–H and O–H groups in total. The van der Waals surface area contributed by atoms with E-state index in [2.05, 4.69) is 5.32 Å². The lowest BCUT2D eigenvalue weighted by Crippen LogP contribution is -2.49. The highest BCUT2D eigenvalue weighted by Crippen LogP contribution is 1.88. The second kappa shape index (κ2) is 2.02. The second-order valence-electron chi connectivity index (χ2n) is 1.73. The summed E-state index contributed by atoms with van der Waals surface area (Å²) in [5.41, 5.74) is 0. The molecular formula is C4H6N2O3. The van der Waals surface area contributed by atoms with Crippen LogP contribution in [0.25, 0.3) is 0 Å². The Balaban J connectivity index is 2.54. The number of hydrogen-bond donors (Lipinski definition) is 2. The fourth-order valence-electron chi connectivity index (χ4n) is 0.546. The molecule has 0 saturated carbocycles. The zero-order valence-electron chi connectivity index (χ0n) is 4.63. The van der Waals surface area contributed by atoms with E-state index in [1.165, 1.54) is 0 Å². The minimum Gasteiger partial charge on any atom is -0.345 e. The molecule has 1 aliphatic heterocycles. The molecular weight excluding hydrogens is 124 g/mol. The predicted octanol–water partition coefficient (Wildman–Crippen LogP) is -1.67. The molecule has 1 aliphatic rings. The van der Waals surface area contributed by atoms with Gasteiger partial charge < -0.3 is 5.32 Å². The molecule has 9 heavy (non-hydrogen) atoms. The molecule has 5 nitrogen and oxygen atoms in total. The van der Waals surface area contributed by atoms with Crippen molar-refractivity contribution in [3.8, 4) is 0 Å². The van der Waals surface area contributed by atoms with Crippen LogP contribution in [0.15, 0.2) is 0 Å². The van der Waals surface area contributed by atoms with Crippen LogP contribution in [0, 0.1) is 0 Å². The molecule has 1 saturated heterocycles. The van der Waals surface area contributed by atoms with E-state index < -0.39 is 5.91 Å². The van der Waals surface area contributed by atoms with Crippen molar-refractivity contribution in [2.45, 2.75) is 0 Å². The fourth-order valence-corrected chi connectivity index (χ4v) is 0.546. The standard InChI is InChI=1S/C4H6N2O3/c7-3-2-6(9)4(8)1-5-3/h9H,1-2H2,(H,5,7). The second-order valence-corrected chi connectivity index (χ2v) is 1.73. The van der Waals surface area contributed by atoms with Crippen LogP contribution < -0.4 is 5.32 Å². The Labute approximate surface area is 51.2 Å². The number of hydrogen-bond acceptors (Lipinski definition) is 3. The van der Waals surface area contributed by atoms with Gasteiger partial charge in [0, 0.05) is 0 Å². The van der Waals surface area contributed by atoms with Gasteiger partial charge >= 0.3 is 0 Å². The lowest BCUT2D eigenvalue weighted by atomic mass is 10.4. The van der Waals surface area contributed by atoms with E-state index in [1.807, 2.05) is 0 Å². The van der Waals surface area contributed by atoms with E-state index >= 15 is 0 Å². The summed E-state index contributed by atoms with van der Waals surface area (Å²) in [4.78, 5) is 20.8. The average Bonchev–Trinajstić information content (AvgIpc) is 1.80. The van der Waals surface area contributed by atoms with Crippen LogP contribution in [0.1, 0.15) is 0 Å². The number of amides is 2. The highest BCUT2D eigenvalue weighted by Gasteiger charge is 2.20. The molecule has 0 unspecified atom stereocenters. The Bertz CT molecular complexity index is 156. The third kappa shape index (κ3) is 1.17. The number of nitrogens with zero attached hydrogens (tertiary/aromatic N) is 1. The Morgan fingerprint density at radius 1 is 1.56 bits per heavy atom. The molecule has 0 bridgehead atoms. The molecule has 0 aromatic carbocycles. The number of hydroxylamine groups is 2. The van der Waals surface area contributed by atoms with Crippen molar-refractivity contribution in [2.24, 2.45) is 0 Å². The van der Waals surface area contributed by atoms with Gasteiger partial charge in [0.05, 0.1) is 6.54 Å². The van der Waals surface area contributed by atoms with E-state index in [9.17, 15) is 9.59 Å². The topological polar surface area (TPSA) is 69.6 Å². The van der Waals surface area contributed by atoms with Gasteiger partial charge in [-0.15, -0.1) is 0 Å². The van der Waals surface area contributed by atoms with Crippen molar-refractivity contribution < 1.29 is 14.8 Å². The zero-order chi connectivity index (χ0) is 6.85. The maximum Gasteiger partial charge on any atom is 0.265 e. The van der Waals surface area contributed by atoms with E-state index in [4.69, 9.17) is 5.21 Å². The van der Waals surface area contributed by atoms with Crippen LogP contribution in [0.3, 0.4) is 0 Å². The Hall–Kier alpha value is -1.10. The van der Waals surface area contributed by atoms with Gasteiger partial charge in [-0.05, 0) is 0 Å². The van der Waals surface area contributed by atoms with Gasteiger partial charge in [-0.1, -0.05) is 0 Å². The van der Waals surface area contributed by atoms with E-state index in [0.717, 1.165) is 0 Å². The highest BCUT2D eigenvalue weighted by atomic mass is 16.5. The van der Waals surface area contributed by atoms with Crippen LogP contribution in [0.4, 0.5) is 0 Å². The molecule has 0 aliphatic carbocycles. The van der Waals surface area contributed by atoms with E-state index in [0.29, 0.717) is 5.06 Å². The summed E-state index contributed by atoms with van der Waals surface area (Å²) in [6.07, 6.45) is 0. The summed E-state index contributed by atoms with van der Waals surface area (Å²) in [5, 5.41) is 11.2. The molecule has 0 spiro atoms. The molecule has 5 heteroatoms. The van der Waals surface area contributed by atoms with Crippen molar-refractivity contribution in [1.82, 2.24) is 10.4 Å². The van der Waals surface area contributed by atoms with Gasteiger partial charge in [-0.2, -0.15) is 0 Å². The van der Waals surface area contributed by atoms with Crippen molar-refractivity contribution in [3.05, 3.63) is 0 Å². The summed E-state index contributed by atoms with van der Waals surface area (Å²) in [7, 11) is 0. The van der Waals surface area contributed by atoms with Gasteiger partial charge in [0.1, 0.15) is 6.54 Å². The Morgan fingerprint density at radius 3 is 2.67 bits per heavy atom. The first kappa shape index (κ1) is 6.03. The van der Waals surface area contributed by atoms with Crippen molar-refractivity contribution in [2.75, 3.05) is 13.1 Å². The van der Waals surface area contributed by atoms with Gasteiger partial charge in [0.2, 0.25) is 5.91 Å². The van der Waals surface area contributed by atoms with Crippen molar-refractivity contribution >= 4 is 11.8 Å². The Kier molecular flexibility index (Phi) is 1.35. The molecule has 1 heterocycles. The number of nitrogens with one attached hydrogen (secondary N) is 1. The minimum atomic E-state index is -0.477. The number of carbonyl (C=O) groups excluding carboxylic acids is 2. The van der Waals surface area contributed by atoms with Crippen LogP contribution in [-0.2, 0) is 9.59 Å². The monoisotopic (exact) mass is 130 g/mol. The zero-order valence-corrected chi connectivity index (χ0v) is 4.63. The summed E-state index contributed by atoms with van der Waals surface area (Å²) in [6.45, 7) is -0.353. The molecule has 0 radical (unpaired) electrons. The lowest BCUT2D eigenvalue weighted by Gasteiger charge is -2.19. The summed E-state index contributed by atoms with van der Waals surface area (Å²) < 4.78 is 0. The highest BCUT2D eigenvalue weighted by molar-refractivity contribution is 5.91. The summed E-state index contributed by atoms with van der Waals surface area (Å²) in [6, 6.07) is 0. The van der Waals surface area contributed by atoms with Crippen LogP contribution in [0.5, 0.6) is 0 Å². The van der Waals surface area contributed by atoms with Crippen LogP contribution in [0.2, 0.25) is 0 Å². The molecule has 0 aromatic heterocycles. The van der Waals surface area contributed by atoms with Gasteiger partial charge in [-0.3, -0.25) is 14.8 Å². The maximum absolute atomic E-state index is 10.4. The van der Waals surface area contributed by atoms with Crippen molar-refractivity contribution in [3.63, 3.8) is 0 Å². The molecule has 1 rings (SSSR count). The first-order valence-electron chi connectivity index (χ1n) is 2.46. The number of piperazine rings is 1. The third-order valence-electron chi connectivity index (χ3n) is 1.02. The first-order valence-corrected chi connectivity index (χ1v) is 2.46. The molecule has 0 aromatic rings. The van der Waals surface area contributed by atoms with Crippen LogP contribution >= 0.6 is 0 Å². The van der Waals surface area contributed by atoms with E-state index in [-0.39, 0.29) is 19.0 Å². The average molecular weight is 130 g/mol. The normalized spacial score (nSPS) is 19.9. The largest absolute Gasteiger partial charge is 0.345 e. The summed E-state index contributed by atoms with van der Waals surface area (Å²) in [5.74, 6) is -0.813. The SMILES string of the molecule is O=C1CN(O)C(=O)CN1. The smallest absolute Gasteiger partial charge is 0.265 e. The molecule has 0 atom stereocenters. The number of rotatable bonds is 0. The lowest BCUT2D eigenvalue weighted by molar-refractivity contribution is -0.172. The first-order chi connectivity index (χ1) is 4.20. The molecule has 50 valence electrons. The minimum absolute atomic E-state index is 0.102. The van der Waals surface area contributed by atoms with Crippen LogP contribution in [-0.4, -0.2) is 35.2 Å². The fraction of sp³-hybridized carbons (Fsp3) is 0.500. The quantitative estimate of drug-likeness (QED) is 0.385. The van der Waals surface area contributed by atoms with Gasteiger partial charge in [-0.25, -0.2) is 5.06 Å². The molecule has 1 fully saturated rings. The third-order valence-corrected chi connectivity index (χ3v) is 1.02. The predicted molar refractivity (Wildman–Crippen MR) is 26.5 cm³/mol. The van der Waals surface area contributed by atoms with Gasteiger partial charge in [0.15, 0.2) is 0 Å².